The maximum Gasteiger partial charge on any atom is 0.410 e. The molecule has 4 heteroatoms. The van der Waals surface area contributed by atoms with Crippen molar-refractivity contribution in [2.75, 3.05) is 13.1 Å². The van der Waals surface area contributed by atoms with Crippen LogP contribution in [0.25, 0.3) is 0 Å². The average molecular weight is 243 g/mol. The Morgan fingerprint density at radius 2 is 1.88 bits per heavy atom. The van der Waals surface area contributed by atoms with E-state index in [-0.39, 0.29) is 12.0 Å². The smallest absolute Gasteiger partial charge is 0.410 e. The third-order valence-corrected chi connectivity index (χ3v) is 3.07. The van der Waals surface area contributed by atoms with Crippen molar-refractivity contribution in [1.82, 2.24) is 4.90 Å². The van der Waals surface area contributed by atoms with Gasteiger partial charge in [0.1, 0.15) is 5.60 Å². The van der Waals surface area contributed by atoms with Crippen LogP contribution in [0.15, 0.2) is 0 Å². The molecule has 1 N–H and O–H groups in total. The van der Waals surface area contributed by atoms with Crippen molar-refractivity contribution in [3.05, 3.63) is 0 Å². The summed E-state index contributed by atoms with van der Waals surface area (Å²) in [5, 5.41) is 10.00. The van der Waals surface area contributed by atoms with Gasteiger partial charge in [0.2, 0.25) is 0 Å². The number of amides is 1. The van der Waals surface area contributed by atoms with Crippen LogP contribution in [0.1, 0.15) is 47.5 Å². The fourth-order valence-electron chi connectivity index (χ4n) is 2.05. The molecule has 0 aliphatic carbocycles. The maximum absolute atomic E-state index is 11.9. The minimum Gasteiger partial charge on any atom is -0.444 e. The summed E-state index contributed by atoms with van der Waals surface area (Å²) in [6, 6.07) is 0. The Morgan fingerprint density at radius 1 is 1.29 bits per heavy atom. The quantitative estimate of drug-likeness (QED) is 0.769. The van der Waals surface area contributed by atoms with E-state index in [0.29, 0.717) is 6.54 Å². The summed E-state index contributed by atoms with van der Waals surface area (Å²) in [4.78, 5) is 13.6. The SMILES string of the molecule is CC(C)(C)OC(=O)N1CCC[C@H](C(C)(C)O)C1. The van der Waals surface area contributed by atoms with E-state index >= 15 is 0 Å². The standard InChI is InChI=1S/C13H25NO3/c1-12(2,3)17-11(15)14-8-6-7-10(9-14)13(4,5)16/h10,16H,6-9H2,1-5H3/t10-/m0/s1. The zero-order chi connectivity index (χ0) is 13.3. The van der Waals surface area contributed by atoms with Gasteiger partial charge in [0, 0.05) is 19.0 Å². The van der Waals surface area contributed by atoms with E-state index in [1.165, 1.54) is 0 Å². The van der Waals surface area contributed by atoms with Crippen LogP contribution in [0.3, 0.4) is 0 Å². The number of hydrogen-bond acceptors (Lipinski definition) is 3. The maximum atomic E-state index is 11.9. The molecule has 1 rings (SSSR count). The highest BCUT2D eigenvalue weighted by atomic mass is 16.6. The van der Waals surface area contributed by atoms with E-state index in [2.05, 4.69) is 0 Å². The first kappa shape index (κ1) is 14.3. The summed E-state index contributed by atoms with van der Waals surface area (Å²) in [6.07, 6.45) is 1.61. The average Bonchev–Trinajstić information content (AvgIpc) is 2.14. The number of likely N-dealkylation sites (tertiary alicyclic amines) is 1. The van der Waals surface area contributed by atoms with Crippen LogP contribution in [0.4, 0.5) is 4.79 Å². The van der Waals surface area contributed by atoms with Crippen LogP contribution in [-0.2, 0) is 4.74 Å². The summed E-state index contributed by atoms with van der Waals surface area (Å²) in [5.41, 5.74) is -1.19. The van der Waals surface area contributed by atoms with Crippen molar-refractivity contribution in [3.63, 3.8) is 0 Å². The first-order valence-corrected chi connectivity index (χ1v) is 6.30. The Morgan fingerprint density at radius 3 is 2.35 bits per heavy atom. The van der Waals surface area contributed by atoms with Gasteiger partial charge in [-0.2, -0.15) is 0 Å². The number of aliphatic hydroxyl groups is 1. The zero-order valence-electron chi connectivity index (χ0n) is 11.6. The van der Waals surface area contributed by atoms with Gasteiger partial charge in [0.05, 0.1) is 5.60 Å². The Kier molecular flexibility index (Phi) is 4.07. The van der Waals surface area contributed by atoms with Crippen molar-refractivity contribution in [2.45, 2.75) is 58.7 Å². The molecule has 0 bridgehead atoms. The predicted molar refractivity (Wildman–Crippen MR) is 66.8 cm³/mol. The Hall–Kier alpha value is -0.770. The van der Waals surface area contributed by atoms with Gasteiger partial charge in [-0.25, -0.2) is 4.79 Å². The van der Waals surface area contributed by atoms with E-state index in [9.17, 15) is 9.90 Å². The minimum absolute atomic E-state index is 0.128. The molecule has 1 saturated heterocycles. The summed E-state index contributed by atoms with van der Waals surface area (Å²) in [6.45, 7) is 10.5. The summed E-state index contributed by atoms with van der Waals surface area (Å²) < 4.78 is 5.34. The highest BCUT2D eigenvalue weighted by molar-refractivity contribution is 5.68. The zero-order valence-corrected chi connectivity index (χ0v) is 11.6. The molecule has 0 aromatic carbocycles. The van der Waals surface area contributed by atoms with Crippen LogP contribution in [0.5, 0.6) is 0 Å². The van der Waals surface area contributed by atoms with Gasteiger partial charge >= 0.3 is 6.09 Å². The van der Waals surface area contributed by atoms with E-state index < -0.39 is 11.2 Å². The van der Waals surface area contributed by atoms with Crippen LogP contribution in [0, 0.1) is 5.92 Å². The third-order valence-electron chi connectivity index (χ3n) is 3.07. The Balaban J connectivity index is 2.58. The lowest BCUT2D eigenvalue weighted by molar-refractivity contribution is -0.0286. The van der Waals surface area contributed by atoms with E-state index in [1.54, 1.807) is 18.7 Å². The van der Waals surface area contributed by atoms with Crippen LogP contribution < -0.4 is 0 Å². The van der Waals surface area contributed by atoms with Gasteiger partial charge in [0.25, 0.3) is 0 Å². The van der Waals surface area contributed by atoms with Gasteiger partial charge in [0.15, 0.2) is 0 Å². The number of rotatable bonds is 1. The molecule has 1 amide bonds. The Labute approximate surface area is 104 Å². The molecule has 0 radical (unpaired) electrons. The lowest BCUT2D eigenvalue weighted by atomic mass is 9.84. The van der Waals surface area contributed by atoms with Crippen LogP contribution >= 0.6 is 0 Å². The number of hydrogen-bond donors (Lipinski definition) is 1. The van der Waals surface area contributed by atoms with Crippen molar-refractivity contribution >= 4 is 6.09 Å². The predicted octanol–water partition coefficient (Wildman–Crippen LogP) is 2.40. The van der Waals surface area contributed by atoms with Crippen molar-refractivity contribution in [2.24, 2.45) is 5.92 Å². The molecule has 0 spiro atoms. The normalized spacial score (nSPS) is 22.5. The minimum atomic E-state index is -0.735. The van der Waals surface area contributed by atoms with Gasteiger partial charge in [-0.1, -0.05) is 0 Å². The molecular weight excluding hydrogens is 218 g/mol. The van der Waals surface area contributed by atoms with Crippen molar-refractivity contribution in [1.29, 1.82) is 0 Å². The first-order valence-electron chi connectivity index (χ1n) is 6.30. The molecule has 1 fully saturated rings. The largest absolute Gasteiger partial charge is 0.444 e. The van der Waals surface area contributed by atoms with Crippen molar-refractivity contribution < 1.29 is 14.6 Å². The van der Waals surface area contributed by atoms with Gasteiger partial charge in [-0.15, -0.1) is 0 Å². The second-order valence-corrected chi connectivity index (χ2v) is 6.42. The number of carbonyl (C=O) groups excluding carboxylic acids is 1. The number of piperidine rings is 1. The second kappa shape index (κ2) is 4.84. The molecule has 17 heavy (non-hydrogen) atoms. The first-order chi connectivity index (χ1) is 7.59. The molecular formula is C13H25NO3. The fourth-order valence-corrected chi connectivity index (χ4v) is 2.05. The molecule has 100 valence electrons. The monoisotopic (exact) mass is 243 g/mol. The lowest BCUT2D eigenvalue weighted by Gasteiger charge is -2.39. The van der Waals surface area contributed by atoms with Gasteiger partial charge < -0.3 is 14.7 Å². The van der Waals surface area contributed by atoms with E-state index in [0.717, 1.165) is 19.4 Å². The van der Waals surface area contributed by atoms with E-state index in [1.807, 2.05) is 20.8 Å². The number of nitrogens with zero attached hydrogens (tertiary/aromatic N) is 1. The lowest BCUT2D eigenvalue weighted by Crippen LogP contribution is -2.48. The molecule has 0 unspecified atom stereocenters. The summed E-state index contributed by atoms with van der Waals surface area (Å²) in [7, 11) is 0. The Bertz CT molecular complexity index is 275. The number of carbonyl (C=O) groups is 1. The van der Waals surface area contributed by atoms with Crippen LogP contribution in [-0.4, -0.2) is 40.4 Å². The molecule has 0 aromatic heterocycles. The highest BCUT2D eigenvalue weighted by Gasteiger charge is 2.34. The third kappa shape index (κ3) is 4.54. The van der Waals surface area contributed by atoms with Gasteiger partial charge in [-0.3, -0.25) is 0 Å². The molecule has 1 aliphatic heterocycles. The summed E-state index contributed by atoms with van der Waals surface area (Å²) in [5.74, 6) is 0.128. The molecule has 1 aliphatic rings. The van der Waals surface area contributed by atoms with E-state index in [4.69, 9.17) is 4.74 Å². The highest BCUT2D eigenvalue weighted by Crippen LogP contribution is 2.27. The number of ether oxygens (including phenoxy) is 1. The van der Waals surface area contributed by atoms with Gasteiger partial charge in [-0.05, 0) is 47.5 Å². The molecule has 0 saturated carbocycles. The topological polar surface area (TPSA) is 49.8 Å². The molecule has 1 heterocycles. The molecule has 4 nitrogen and oxygen atoms in total. The van der Waals surface area contributed by atoms with Crippen LogP contribution in [0.2, 0.25) is 0 Å². The molecule has 0 aromatic rings. The molecule has 1 atom stereocenters. The summed E-state index contributed by atoms with van der Waals surface area (Å²) >= 11 is 0. The fraction of sp³-hybridized carbons (Fsp3) is 0.923. The second-order valence-electron chi connectivity index (χ2n) is 6.42. The van der Waals surface area contributed by atoms with Crippen molar-refractivity contribution in [3.8, 4) is 0 Å².